The van der Waals surface area contributed by atoms with Gasteiger partial charge in [-0.05, 0) is 39.3 Å². The summed E-state index contributed by atoms with van der Waals surface area (Å²) in [5.74, 6) is 0. The van der Waals surface area contributed by atoms with Crippen LogP contribution in [0.25, 0.3) is 0 Å². The number of aliphatic hydroxyl groups is 1. The van der Waals surface area contributed by atoms with Crippen molar-refractivity contribution in [1.82, 2.24) is 9.80 Å². The Balaban J connectivity index is 2.27. The summed E-state index contributed by atoms with van der Waals surface area (Å²) in [7, 11) is 4.28. The average molecular weight is 238 g/mol. The molecule has 0 bridgehead atoms. The van der Waals surface area contributed by atoms with E-state index in [1.807, 2.05) is 0 Å². The molecule has 98 valence electrons. The second kappa shape index (κ2) is 7.51. The third-order valence-corrected chi connectivity index (χ3v) is 3.34. The molecule has 0 spiro atoms. The van der Waals surface area contributed by atoms with Gasteiger partial charge in [-0.3, -0.25) is 0 Å². The maximum absolute atomic E-state index is 8.77. The van der Waals surface area contributed by atoms with Gasteiger partial charge in [0.25, 0.3) is 0 Å². The molecule has 3 nitrogen and oxygen atoms in total. The smallest absolute Gasteiger partial charge is 0.0443 e. The highest BCUT2D eigenvalue weighted by Gasteiger charge is 2.08. The van der Waals surface area contributed by atoms with Gasteiger partial charge < -0.3 is 14.9 Å². The summed E-state index contributed by atoms with van der Waals surface area (Å²) in [4.78, 5) is 4.62. The molecule has 0 atom stereocenters. The second-order valence-electron chi connectivity index (χ2n) is 4.97. The summed E-state index contributed by atoms with van der Waals surface area (Å²) in [5.41, 5.74) is 2.91. The minimum absolute atomic E-state index is 0.287. The third-order valence-electron chi connectivity index (χ3n) is 3.34. The fourth-order valence-electron chi connectivity index (χ4n) is 1.97. The van der Waals surface area contributed by atoms with Crippen LogP contribution in [0.4, 0.5) is 0 Å². The van der Waals surface area contributed by atoms with E-state index in [1.54, 1.807) is 0 Å². The van der Waals surface area contributed by atoms with Crippen molar-refractivity contribution in [2.24, 2.45) is 0 Å². The molecule has 0 fully saturated rings. The number of rotatable bonds is 7. The highest BCUT2D eigenvalue weighted by Crippen LogP contribution is 2.19. The minimum atomic E-state index is 0.287. The molecule has 1 aliphatic rings. The molecule has 0 aromatic rings. The van der Waals surface area contributed by atoms with Crippen molar-refractivity contribution in [2.45, 2.75) is 26.2 Å². The van der Waals surface area contributed by atoms with Crippen LogP contribution < -0.4 is 0 Å². The summed E-state index contributed by atoms with van der Waals surface area (Å²) >= 11 is 0. The van der Waals surface area contributed by atoms with Crippen LogP contribution in [0, 0.1) is 0 Å². The lowest BCUT2D eigenvalue weighted by Gasteiger charge is -2.27. The number of nitrogens with zero attached hydrogens (tertiary/aromatic N) is 2. The molecule has 0 saturated carbocycles. The Morgan fingerprint density at radius 1 is 1.12 bits per heavy atom. The Hall–Kier alpha value is -0.800. The van der Waals surface area contributed by atoms with Crippen LogP contribution in [0.2, 0.25) is 0 Å². The Morgan fingerprint density at radius 3 is 2.47 bits per heavy atom. The zero-order valence-corrected chi connectivity index (χ0v) is 11.4. The Morgan fingerprint density at radius 2 is 1.88 bits per heavy atom. The minimum Gasteiger partial charge on any atom is -0.396 e. The van der Waals surface area contributed by atoms with Gasteiger partial charge in [0.05, 0.1) is 0 Å². The van der Waals surface area contributed by atoms with Gasteiger partial charge in [-0.25, -0.2) is 0 Å². The van der Waals surface area contributed by atoms with E-state index in [9.17, 15) is 0 Å². The van der Waals surface area contributed by atoms with Crippen molar-refractivity contribution in [2.75, 3.05) is 40.3 Å². The Labute approximate surface area is 105 Å². The predicted octanol–water partition coefficient (Wildman–Crippen LogP) is 1.86. The van der Waals surface area contributed by atoms with Crippen LogP contribution >= 0.6 is 0 Å². The fourth-order valence-corrected chi connectivity index (χ4v) is 1.97. The molecule has 17 heavy (non-hydrogen) atoms. The van der Waals surface area contributed by atoms with E-state index >= 15 is 0 Å². The van der Waals surface area contributed by atoms with E-state index in [4.69, 9.17) is 5.11 Å². The molecule has 0 heterocycles. The predicted molar refractivity (Wildman–Crippen MR) is 72.9 cm³/mol. The number of hydrogen-bond donors (Lipinski definition) is 1. The molecule has 1 N–H and O–H groups in total. The number of hydrogen-bond acceptors (Lipinski definition) is 3. The molecule has 0 aromatic carbocycles. The summed E-state index contributed by atoms with van der Waals surface area (Å²) in [5, 5.41) is 8.77. The molecule has 0 amide bonds. The summed E-state index contributed by atoms with van der Waals surface area (Å²) in [6, 6.07) is 0. The van der Waals surface area contributed by atoms with Gasteiger partial charge in [0.2, 0.25) is 0 Å². The monoisotopic (exact) mass is 238 g/mol. The van der Waals surface area contributed by atoms with E-state index in [1.165, 1.54) is 24.1 Å². The van der Waals surface area contributed by atoms with Gasteiger partial charge in [0, 0.05) is 39.0 Å². The molecule has 0 saturated heterocycles. The van der Waals surface area contributed by atoms with Crippen LogP contribution in [0.3, 0.4) is 0 Å². The molecule has 1 aliphatic carbocycles. The van der Waals surface area contributed by atoms with Crippen LogP contribution in [-0.2, 0) is 0 Å². The highest BCUT2D eigenvalue weighted by molar-refractivity contribution is 5.21. The van der Waals surface area contributed by atoms with Gasteiger partial charge in [-0.1, -0.05) is 11.6 Å². The lowest BCUT2D eigenvalue weighted by molar-refractivity contribution is 0.234. The van der Waals surface area contributed by atoms with Crippen molar-refractivity contribution in [3.05, 3.63) is 23.4 Å². The second-order valence-corrected chi connectivity index (χ2v) is 4.97. The van der Waals surface area contributed by atoms with E-state index in [2.05, 4.69) is 43.0 Å². The van der Waals surface area contributed by atoms with E-state index in [0.29, 0.717) is 0 Å². The average Bonchev–Trinajstić information content (AvgIpc) is 2.34. The van der Waals surface area contributed by atoms with Crippen LogP contribution in [0.1, 0.15) is 26.2 Å². The maximum atomic E-state index is 8.77. The SMILES string of the molecule is CC1=CC=C(N(C)CCN(C)CCCO)CC1. The molecule has 0 aliphatic heterocycles. The Bertz CT molecular complexity index is 284. The van der Waals surface area contributed by atoms with Gasteiger partial charge >= 0.3 is 0 Å². The topological polar surface area (TPSA) is 26.7 Å². The van der Waals surface area contributed by atoms with Crippen molar-refractivity contribution >= 4 is 0 Å². The molecule has 3 heteroatoms. The standard InChI is InChI=1S/C14H26N2O/c1-13-5-7-14(8-6-13)16(3)11-10-15(2)9-4-12-17/h5,7,17H,4,6,8-12H2,1-3H3. The molecular weight excluding hydrogens is 212 g/mol. The Kier molecular flexibility index (Phi) is 6.30. The van der Waals surface area contributed by atoms with Gasteiger partial charge in [0.1, 0.15) is 0 Å². The fraction of sp³-hybridized carbons (Fsp3) is 0.714. The van der Waals surface area contributed by atoms with E-state index < -0.39 is 0 Å². The lowest BCUT2D eigenvalue weighted by atomic mass is 10.0. The first kappa shape index (κ1) is 14.3. The van der Waals surface area contributed by atoms with Crippen molar-refractivity contribution < 1.29 is 5.11 Å². The number of aliphatic hydroxyl groups excluding tert-OH is 1. The van der Waals surface area contributed by atoms with Crippen LogP contribution in [-0.4, -0.2) is 55.2 Å². The zero-order chi connectivity index (χ0) is 12.7. The van der Waals surface area contributed by atoms with Crippen molar-refractivity contribution in [3.8, 4) is 0 Å². The molecule has 1 rings (SSSR count). The van der Waals surface area contributed by atoms with Gasteiger partial charge in [-0.15, -0.1) is 0 Å². The van der Waals surface area contributed by atoms with E-state index in [0.717, 1.165) is 26.1 Å². The first-order valence-corrected chi connectivity index (χ1v) is 6.50. The molecular formula is C14H26N2O. The van der Waals surface area contributed by atoms with Crippen LogP contribution in [0.5, 0.6) is 0 Å². The van der Waals surface area contributed by atoms with Gasteiger partial charge in [0.15, 0.2) is 0 Å². The molecule has 0 unspecified atom stereocenters. The van der Waals surface area contributed by atoms with Crippen LogP contribution in [0.15, 0.2) is 23.4 Å². The highest BCUT2D eigenvalue weighted by atomic mass is 16.3. The first-order valence-electron chi connectivity index (χ1n) is 6.50. The quantitative estimate of drug-likeness (QED) is 0.733. The normalized spacial score (nSPS) is 15.8. The van der Waals surface area contributed by atoms with E-state index in [-0.39, 0.29) is 6.61 Å². The summed E-state index contributed by atoms with van der Waals surface area (Å²) < 4.78 is 0. The number of allylic oxidation sites excluding steroid dienone is 4. The third kappa shape index (κ3) is 5.37. The zero-order valence-electron chi connectivity index (χ0n) is 11.4. The molecule has 0 aromatic heterocycles. The number of likely N-dealkylation sites (N-methyl/N-ethyl adjacent to an activating group) is 2. The van der Waals surface area contributed by atoms with Gasteiger partial charge in [-0.2, -0.15) is 0 Å². The van der Waals surface area contributed by atoms with Crippen molar-refractivity contribution in [1.29, 1.82) is 0 Å². The largest absolute Gasteiger partial charge is 0.396 e. The van der Waals surface area contributed by atoms with Crippen molar-refractivity contribution in [3.63, 3.8) is 0 Å². The molecule has 0 radical (unpaired) electrons. The first-order chi connectivity index (χ1) is 8.13. The lowest BCUT2D eigenvalue weighted by Crippen LogP contribution is -2.31. The summed E-state index contributed by atoms with van der Waals surface area (Å²) in [6.45, 7) is 5.56. The maximum Gasteiger partial charge on any atom is 0.0443 e. The summed E-state index contributed by atoms with van der Waals surface area (Å²) in [6.07, 6.45) is 7.69.